The number of nitrogens with zero attached hydrogens (tertiary/aromatic N) is 1. The highest BCUT2D eigenvalue weighted by atomic mass is 32.1. The highest BCUT2D eigenvalue weighted by Gasteiger charge is 2.27. The molecule has 1 fully saturated rings. The molecule has 1 heterocycles. The van der Waals surface area contributed by atoms with Crippen LogP contribution in [0.3, 0.4) is 0 Å². The summed E-state index contributed by atoms with van der Waals surface area (Å²) in [5.41, 5.74) is 6.45. The number of hydrogen-bond acceptors (Lipinski definition) is 4. The van der Waals surface area contributed by atoms with Gasteiger partial charge in [-0.25, -0.2) is 0 Å². The van der Waals surface area contributed by atoms with Gasteiger partial charge in [0.2, 0.25) is 0 Å². The summed E-state index contributed by atoms with van der Waals surface area (Å²) in [5, 5.41) is 0. The molecule has 1 aliphatic heterocycles. The number of ether oxygens (including phenoxy) is 2. The Morgan fingerprint density at radius 1 is 1.55 bits per heavy atom. The monoisotopic (exact) mass is 294 g/mol. The van der Waals surface area contributed by atoms with E-state index in [0.717, 1.165) is 30.9 Å². The average Bonchev–Trinajstić information content (AvgIpc) is 2.85. The lowest BCUT2D eigenvalue weighted by Gasteiger charge is -2.26. The lowest BCUT2D eigenvalue weighted by atomic mass is 10.1. The molecule has 0 saturated carbocycles. The van der Waals surface area contributed by atoms with Crippen LogP contribution in [0.2, 0.25) is 0 Å². The van der Waals surface area contributed by atoms with E-state index in [1.54, 1.807) is 0 Å². The fourth-order valence-electron chi connectivity index (χ4n) is 2.51. The molecule has 1 aromatic carbocycles. The SMILES string of the molecule is CC1OCCC1N(C)CCOc1cccc(C(N)=S)c1. The normalized spacial score (nSPS) is 22.1. The molecule has 2 N–H and O–H groups in total. The van der Waals surface area contributed by atoms with Crippen molar-refractivity contribution in [2.24, 2.45) is 5.73 Å². The Labute approximate surface area is 125 Å². The van der Waals surface area contributed by atoms with E-state index in [-0.39, 0.29) is 0 Å². The molecule has 0 amide bonds. The molecule has 20 heavy (non-hydrogen) atoms. The van der Waals surface area contributed by atoms with Crippen molar-refractivity contribution in [2.45, 2.75) is 25.5 Å². The summed E-state index contributed by atoms with van der Waals surface area (Å²) in [4.78, 5) is 2.69. The molecule has 1 aromatic rings. The number of likely N-dealkylation sites (N-methyl/N-ethyl adjacent to an activating group) is 1. The van der Waals surface area contributed by atoms with Gasteiger partial charge < -0.3 is 15.2 Å². The van der Waals surface area contributed by atoms with Crippen LogP contribution in [-0.4, -0.2) is 48.8 Å². The number of thiocarbonyl (C=S) groups is 1. The van der Waals surface area contributed by atoms with Gasteiger partial charge in [0.05, 0.1) is 6.10 Å². The van der Waals surface area contributed by atoms with Crippen molar-refractivity contribution in [3.63, 3.8) is 0 Å². The van der Waals surface area contributed by atoms with Gasteiger partial charge in [-0.2, -0.15) is 0 Å². The molecular formula is C15H22N2O2S. The summed E-state index contributed by atoms with van der Waals surface area (Å²) >= 11 is 4.96. The molecule has 110 valence electrons. The van der Waals surface area contributed by atoms with Crippen LogP contribution >= 0.6 is 12.2 Å². The maximum absolute atomic E-state index is 5.76. The van der Waals surface area contributed by atoms with Crippen molar-refractivity contribution in [1.29, 1.82) is 0 Å². The van der Waals surface area contributed by atoms with Crippen LogP contribution in [-0.2, 0) is 4.74 Å². The van der Waals surface area contributed by atoms with Crippen molar-refractivity contribution >= 4 is 17.2 Å². The molecule has 2 unspecified atom stereocenters. The van der Waals surface area contributed by atoms with Crippen LogP contribution in [0.4, 0.5) is 0 Å². The first-order valence-corrected chi connectivity index (χ1v) is 7.33. The third-order valence-electron chi connectivity index (χ3n) is 3.73. The van der Waals surface area contributed by atoms with E-state index in [4.69, 9.17) is 27.4 Å². The summed E-state index contributed by atoms with van der Waals surface area (Å²) in [7, 11) is 2.12. The first-order valence-electron chi connectivity index (χ1n) is 6.92. The summed E-state index contributed by atoms with van der Waals surface area (Å²) < 4.78 is 11.3. The van der Waals surface area contributed by atoms with Crippen molar-refractivity contribution in [2.75, 3.05) is 26.8 Å². The minimum Gasteiger partial charge on any atom is -0.492 e. The van der Waals surface area contributed by atoms with Gasteiger partial charge in [0.1, 0.15) is 17.3 Å². The van der Waals surface area contributed by atoms with Gasteiger partial charge in [0, 0.05) is 24.8 Å². The number of nitrogens with two attached hydrogens (primary N) is 1. The minimum atomic E-state index is 0.304. The number of rotatable bonds is 6. The van der Waals surface area contributed by atoms with Crippen molar-refractivity contribution in [3.05, 3.63) is 29.8 Å². The highest BCUT2D eigenvalue weighted by Crippen LogP contribution is 2.18. The van der Waals surface area contributed by atoms with E-state index in [2.05, 4.69) is 18.9 Å². The van der Waals surface area contributed by atoms with E-state index in [1.165, 1.54) is 0 Å². The molecule has 1 saturated heterocycles. The standard InChI is InChI=1S/C15H22N2O2S/c1-11-14(6-8-18-11)17(2)7-9-19-13-5-3-4-12(10-13)15(16)20/h3-5,10-11,14H,6-9H2,1-2H3,(H2,16,20). The van der Waals surface area contributed by atoms with Gasteiger partial charge >= 0.3 is 0 Å². The Hall–Kier alpha value is -1.17. The summed E-state index contributed by atoms with van der Waals surface area (Å²) in [6, 6.07) is 8.08. The zero-order chi connectivity index (χ0) is 14.5. The quantitative estimate of drug-likeness (QED) is 0.811. The molecule has 0 spiro atoms. The van der Waals surface area contributed by atoms with Crippen LogP contribution in [0.15, 0.2) is 24.3 Å². The largest absolute Gasteiger partial charge is 0.492 e. The molecule has 5 heteroatoms. The first kappa shape index (κ1) is 15.2. The Balaban J connectivity index is 1.80. The summed E-state index contributed by atoms with van der Waals surface area (Å²) in [6.45, 7) is 4.49. The zero-order valence-electron chi connectivity index (χ0n) is 12.0. The summed E-state index contributed by atoms with van der Waals surface area (Å²) in [6.07, 6.45) is 1.40. The van der Waals surface area contributed by atoms with E-state index >= 15 is 0 Å². The molecule has 4 nitrogen and oxygen atoms in total. The molecule has 0 radical (unpaired) electrons. The van der Waals surface area contributed by atoms with Gasteiger partial charge in [0.25, 0.3) is 0 Å². The predicted octanol–water partition coefficient (Wildman–Crippen LogP) is 1.81. The van der Waals surface area contributed by atoms with Crippen LogP contribution in [0.25, 0.3) is 0 Å². The number of benzene rings is 1. The van der Waals surface area contributed by atoms with Crippen LogP contribution in [0.1, 0.15) is 18.9 Å². The minimum absolute atomic E-state index is 0.304. The lowest BCUT2D eigenvalue weighted by molar-refractivity contribution is 0.0787. The van der Waals surface area contributed by atoms with E-state index in [0.29, 0.717) is 23.7 Å². The molecule has 1 aliphatic rings. The van der Waals surface area contributed by atoms with Crippen LogP contribution < -0.4 is 10.5 Å². The highest BCUT2D eigenvalue weighted by molar-refractivity contribution is 7.80. The smallest absolute Gasteiger partial charge is 0.120 e. The fourth-order valence-corrected chi connectivity index (χ4v) is 2.64. The molecular weight excluding hydrogens is 272 g/mol. The topological polar surface area (TPSA) is 47.7 Å². The average molecular weight is 294 g/mol. The van der Waals surface area contributed by atoms with E-state index in [9.17, 15) is 0 Å². The maximum Gasteiger partial charge on any atom is 0.120 e. The maximum atomic E-state index is 5.76. The van der Waals surface area contributed by atoms with Crippen molar-refractivity contribution < 1.29 is 9.47 Å². The van der Waals surface area contributed by atoms with Crippen LogP contribution in [0.5, 0.6) is 5.75 Å². The van der Waals surface area contributed by atoms with Gasteiger partial charge in [-0.15, -0.1) is 0 Å². The van der Waals surface area contributed by atoms with Gasteiger partial charge in [-0.3, -0.25) is 4.90 Å². The van der Waals surface area contributed by atoms with E-state index in [1.807, 2.05) is 24.3 Å². The third kappa shape index (κ3) is 3.91. The zero-order valence-corrected chi connectivity index (χ0v) is 12.9. The lowest BCUT2D eigenvalue weighted by Crippen LogP contribution is -2.39. The molecule has 2 rings (SSSR count). The van der Waals surface area contributed by atoms with Crippen molar-refractivity contribution in [3.8, 4) is 5.75 Å². The number of hydrogen-bond donors (Lipinski definition) is 1. The predicted molar refractivity (Wildman–Crippen MR) is 84.3 cm³/mol. The second kappa shape index (κ2) is 7.02. The van der Waals surface area contributed by atoms with Gasteiger partial charge in [-0.05, 0) is 32.5 Å². The van der Waals surface area contributed by atoms with Gasteiger partial charge in [0.15, 0.2) is 0 Å². The Morgan fingerprint density at radius 2 is 2.35 bits per heavy atom. The Bertz CT molecular complexity index is 467. The molecule has 2 atom stereocenters. The fraction of sp³-hybridized carbons (Fsp3) is 0.533. The molecule has 0 bridgehead atoms. The second-order valence-corrected chi connectivity index (χ2v) is 5.59. The molecule has 0 aromatic heterocycles. The van der Waals surface area contributed by atoms with Gasteiger partial charge in [-0.1, -0.05) is 24.4 Å². The Kier molecular flexibility index (Phi) is 5.34. The second-order valence-electron chi connectivity index (χ2n) is 5.15. The Morgan fingerprint density at radius 3 is 3.00 bits per heavy atom. The third-order valence-corrected chi connectivity index (χ3v) is 3.97. The van der Waals surface area contributed by atoms with Crippen LogP contribution in [0, 0.1) is 0 Å². The summed E-state index contributed by atoms with van der Waals surface area (Å²) in [5.74, 6) is 0.805. The first-order chi connectivity index (χ1) is 9.58. The van der Waals surface area contributed by atoms with Crippen molar-refractivity contribution in [1.82, 2.24) is 4.90 Å². The van der Waals surface area contributed by atoms with E-state index < -0.39 is 0 Å². The molecule has 0 aliphatic carbocycles.